The molecule has 0 heterocycles. The van der Waals surface area contributed by atoms with E-state index in [-0.39, 0.29) is 6.61 Å². The lowest BCUT2D eigenvalue weighted by Gasteiger charge is -2.26. The zero-order valence-corrected chi connectivity index (χ0v) is 9.43. The van der Waals surface area contributed by atoms with Gasteiger partial charge in [0, 0.05) is 5.88 Å². The van der Waals surface area contributed by atoms with E-state index in [1.54, 1.807) is 0 Å². The quantitative estimate of drug-likeness (QED) is 0.412. The van der Waals surface area contributed by atoms with Crippen LogP contribution in [0, 0.1) is 0 Å². The van der Waals surface area contributed by atoms with Gasteiger partial charge in [-0.2, -0.15) is 0 Å². The molecule has 0 aromatic rings. The van der Waals surface area contributed by atoms with Crippen molar-refractivity contribution in [1.82, 2.24) is 0 Å². The van der Waals surface area contributed by atoms with Gasteiger partial charge in [0.25, 0.3) is 0 Å². The second-order valence-corrected chi connectivity index (χ2v) is 3.67. The van der Waals surface area contributed by atoms with Crippen LogP contribution in [0.15, 0.2) is 25.3 Å². The molecule has 13 heavy (non-hydrogen) atoms. The van der Waals surface area contributed by atoms with Gasteiger partial charge in [-0.05, 0) is 12.2 Å². The van der Waals surface area contributed by atoms with Gasteiger partial charge in [0.15, 0.2) is 0 Å². The number of aliphatic hydroxyl groups excluding tert-OH is 1. The first-order valence-corrected chi connectivity index (χ1v) is 4.78. The zero-order chi connectivity index (χ0) is 10.7. The average molecular weight is 207 g/mol. The van der Waals surface area contributed by atoms with E-state index < -0.39 is 0 Å². The molecule has 1 N–H and O–H groups in total. The third kappa shape index (κ3) is 14.5. The van der Waals surface area contributed by atoms with Crippen molar-refractivity contribution in [3.05, 3.63) is 25.3 Å². The predicted molar refractivity (Wildman–Crippen MR) is 60.0 cm³/mol. The number of hydrogen-bond donors (Lipinski definition) is 1. The molecule has 0 unspecified atom stereocenters. The van der Waals surface area contributed by atoms with Gasteiger partial charge in [0.2, 0.25) is 0 Å². The second kappa shape index (κ2) is 9.78. The Morgan fingerprint density at radius 3 is 1.69 bits per heavy atom. The van der Waals surface area contributed by atoms with E-state index in [0.29, 0.717) is 5.88 Å². The van der Waals surface area contributed by atoms with E-state index in [1.807, 2.05) is 12.2 Å². The van der Waals surface area contributed by atoms with E-state index in [0.717, 1.165) is 17.6 Å². The Morgan fingerprint density at radius 1 is 1.23 bits per heavy atom. The maximum absolute atomic E-state index is 7.74. The summed E-state index contributed by atoms with van der Waals surface area (Å²) in [5, 5.41) is 7.74. The molecular weight excluding hydrogens is 186 g/mol. The molecule has 0 aliphatic rings. The Balaban J connectivity index is 0. The molecule has 2 nitrogen and oxygen atoms in total. The van der Waals surface area contributed by atoms with E-state index in [1.165, 1.54) is 0 Å². The van der Waals surface area contributed by atoms with Crippen molar-refractivity contribution >= 4 is 11.6 Å². The summed E-state index contributed by atoms with van der Waals surface area (Å²) in [5.74, 6) is 0.347. The molecule has 0 radical (unpaired) electrons. The van der Waals surface area contributed by atoms with Gasteiger partial charge in [-0.3, -0.25) is 0 Å². The van der Waals surface area contributed by atoms with E-state index in [9.17, 15) is 0 Å². The lowest BCUT2D eigenvalue weighted by atomic mass is 10.4. The summed E-state index contributed by atoms with van der Waals surface area (Å²) >= 11 is 4.94. The van der Waals surface area contributed by atoms with Crippen LogP contribution in [0.25, 0.3) is 0 Å². The summed E-state index contributed by atoms with van der Waals surface area (Å²) in [6.45, 7) is 9.45. The highest BCUT2D eigenvalue weighted by molar-refractivity contribution is 6.17. The fourth-order valence-electron chi connectivity index (χ4n) is 0.774. The van der Waals surface area contributed by atoms with Crippen LogP contribution < -0.4 is 0 Å². The Kier molecular flexibility index (Phi) is 11.4. The monoisotopic (exact) mass is 206 g/mol. The minimum atomic E-state index is 0.0849. The first-order valence-electron chi connectivity index (χ1n) is 4.24. The Bertz CT molecular complexity index is 121. The molecule has 0 bridgehead atoms. The molecule has 0 spiro atoms. The van der Waals surface area contributed by atoms with Gasteiger partial charge < -0.3 is 9.59 Å². The van der Waals surface area contributed by atoms with Crippen LogP contribution in [0.1, 0.15) is 0 Å². The number of quaternary nitrogens is 1. The number of hydrogen-bond acceptors (Lipinski definition) is 1. The molecule has 0 saturated heterocycles. The fraction of sp³-hybridized carbons (Fsp3) is 0.600. The molecule has 0 amide bonds. The second-order valence-electron chi connectivity index (χ2n) is 3.29. The van der Waals surface area contributed by atoms with Gasteiger partial charge in [0.05, 0.1) is 33.8 Å². The zero-order valence-electron chi connectivity index (χ0n) is 8.67. The largest absolute Gasteiger partial charge is 0.395 e. The van der Waals surface area contributed by atoms with Crippen molar-refractivity contribution < 1.29 is 9.59 Å². The molecule has 0 fully saturated rings. The van der Waals surface area contributed by atoms with Gasteiger partial charge in [-0.1, -0.05) is 13.2 Å². The van der Waals surface area contributed by atoms with Crippen molar-refractivity contribution in [3.63, 3.8) is 0 Å². The summed E-state index contributed by atoms with van der Waals surface area (Å²) in [4.78, 5) is 0. The maximum atomic E-state index is 7.74. The Hall–Kier alpha value is -0.310. The van der Waals surface area contributed by atoms with E-state index in [2.05, 4.69) is 27.3 Å². The lowest BCUT2D eigenvalue weighted by Crippen LogP contribution is -2.39. The molecule has 3 heteroatoms. The molecule has 0 aliphatic carbocycles. The Morgan fingerprint density at radius 2 is 1.54 bits per heavy atom. The van der Waals surface area contributed by atoms with Crippen molar-refractivity contribution in [3.8, 4) is 0 Å². The Labute approximate surface area is 86.7 Å². The normalized spacial score (nSPS) is 9.85. The van der Waals surface area contributed by atoms with Gasteiger partial charge in [0.1, 0.15) is 0 Å². The summed E-state index contributed by atoms with van der Waals surface area (Å²) < 4.78 is 0.951. The first-order chi connectivity index (χ1) is 6.04. The van der Waals surface area contributed by atoms with Crippen LogP contribution >= 0.6 is 11.6 Å². The van der Waals surface area contributed by atoms with Crippen molar-refractivity contribution in [2.24, 2.45) is 0 Å². The van der Waals surface area contributed by atoms with E-state index in [4.69, 9.17) is 16.7 Å². The maximum Gasteiger partial charge on any atom is 0.0969 e. The van der Waals surface area contributed by atoms with Gasteiger partial charge in [-0.15, -0.1) is 11.6 Å². The number of nitrogens with zero attached hydrogens (tertiary/aromatic N) is 1. The van der Waals surface area contributed by atoms with Crippen LogP contribution in [0.3, 0.4) is 0 Å². The SMILES string of the molecule is C=CC[N+](C)(C)CC=C.OCCCl. The topological polar surface area (TPSA) is 20.2 Å². The molecule has 0 saturated carbocycles. The summed E-state index contributed by atoms with van der Waals surface area (Å²) in [5.41, 5.74) is 0. The lowest BCUT2D eigenvalue weighted by molar-refractivity contribution is -0.878. The summed E-state index contributed by atoms with van der Waals surface area (Å²) in [7, 11) is 4.31. The number of likely N-dealkylation sites (N-methyl/N-ethyl adjacent to an activating group) is 1. The van der Waals surface area contributed by atoms with Gasteiger partial charge >= 0.3 is 0 Å². The summed E-state index contributed by atoms with van der Waals surface area (Å²) in [6, 6.07) is 0. The van der Waals surface area contributed by atoms with Gasteiger partial charge in [-0.25, -0.2) is 0 Å². The molecule has 0 aliphatic heterocycles. The van der Waals surface area contributed by atoms with Crippen molar-refractivity contribution in [2.45, 2.75) is 0 Å². The molecule has 0 rings (SSSR count). The van der Waals surface area contributed by atoms with Crippen LogP contribution in [-0.2, 0) is 0 Å². The average Bonchev–Trinajstić information content (AvgIpc) is 2.04. The minimum Gasteiger partial charge on any atom is -0.395 e. The van der Waals surface area contributed by atoms with Crippen LogP contribution in [0.5, 0.6) is 0 Å². The summed E-state index contributed by atoms with van der Waals surface area (Å²) in [6.07, 6.45) is 3.87. The van der Waals surface area contributed by atoms with Crippen LogP contribution in [0.4, 0.5) is 0 Å². The van der Waals surface area contributed by atoms with Crippen LogP contribution in [0.2, 0.25) is 0 Å². The molecule has 0 atom stereocenters. The fourth-order valence-corrected chi connectivity index (χ4v) is 0.774. The van der Waals surface area contributed by atoms with Crippen molar-refractivity contribution in [1.29, 1.82) is 0 Å². The third-order valence-electron chi connectivity index (χ3n) is 1.33. The molecular formula is C10H21ClNO+. The predicted octanol–water partition coefficient (Wildman–Crippen LogP) is 1.65. The smallest absolute Gasteiger partial charge is 0.0969 e. The highest BCUT2D eigenvalue weighted by Crippen LogP contribution is 1.95. The van der Waals surface area contributed by atoms with Crippen LogP contribution in [-0.4, -0.2) is 49.3 Å². The molecule has 0 aromatic heterocycles. The standard InChI is InChI=1S/C8H16N.C2H5ClO/c1-5-7-9(3,4)8-6-2;3-1-2-4/h5-6H,1-2,7-8H2,3-4H3;4H,1-2H2/q+1;. The number of aliphatic hydroxyl groups is 1. The third-order valence-corrected chi connectivity index (χ3v) is 1.50. The molecule has 78 valence electrons. The minimum absolute atomic E-state index is 0.0849. The highest BCUT2D eigenvalue weighted by Gasteiger charge is 2.07. The number of alkyl halides is 1. The van der Waals surface area contributed by atoms with E-state index >= 15 is 0 Å². The van der Waals surface area contributed by atoms with Crippen molar-refractivity contribution in [2.75, 3.05) is 39.7 Å². The first kappa shape index (κ1) is 15.2. The molecule has 0 aromatic carbocycles. The highest BCUT2D eigenvalue weighted by atomic mass is 35.5. The number of rotatable bonds is 5. The number of halogens is 1.